The summed E-state index contributed by atoms with van der Waals surface area (Å²) < 4.78 is 0. The molecule has 0 N–H and O–H groups in total. The second-order valence-corrected chi connectivity index (χ2v) is 4.99. The fourth-order valence-corrected chi connectivity index (χ4v) is 2.40. The number of hydrogen-bond donors (Lipinski definition) is 0. The lowest BCUT2D eigenvalue weighted by molar-refractivity contribution is -0.123. The van der Waals surface area contributed by atoms with Crippen LogP contribution in [0.2, 0.25) is 10.0 Å². The molecule has 16 heavy (non-hydrogen) atoms. The second-order valence-electron chi connectivity index (χ2n) is 3.23. The number of amides is 1. The smallest absolute Gasteiger partial charge is 0.238 e. The number of hydrogen-bond acceptors (Lipinski definition) is 3. The Labute approximate surface area is 107 Å². The van der Waals surface area contributed by atoms with E-state index >= 15 is 0 Å². The van der Waals surface area contributed by atoms with Gasteiger partial charge in [0.25, 0.3) is 0 Å². The van der Waals surface area contributed by atoms with Crippen LogP contribution in [0.3, 0.4) is 0 Å². The lowest BCUT2D eigenvalue weighted by atomic mass is 10.3. The Balaban J connectivity index is 2.29. The van der Waals surface area contributed by atoms with Crippen molar-refractivity contribution in [3.8, 4) is 0 Å². The maximum atomic E-state index is 11.3. The molecule has 1 aliphatic heterocycles. The summed E-state index contributed by atoms with van der Waals surface area (Å²) in [5.41, 5.74) is 0.693. The van der Waals surface area contributed by atoms with Crippen LogP contribution in [0.25, 0.3) is 0 Å². The third kappa shape index (κ3) is 2.34. The highest BCUT2D eigenvalue weighted by atomic mass is 35.5. The zero-order valence-corrected chi connectivity index (χ0v) is 10.7. The zero-order valence-electron chi connectivity index (χ0n) is 8.41. The van der Waals surface area contributed by atoms with E-state index in [9.17, 15) is 4.79 Å². The normalized spacial score (nSPS) is 18.6. The molecule has 0 atom stereocenters. The Bertz CT molecular complexity index is 476. The Morgan fingerprint density at radius 3 is 2.69 bits per heavy atom. The quantitative estimate of drug-likeness (QED) is 0.788. The minimum Gasteiger partial charge on any atom is -0.294 e. The van der Waals surface area contributed by atoms with Gasteiger partial charge in [0.1, 0.15) is 0 Å². The largest absolute Gasteiger partial charge is 0.294 e. The summed E-state index contributed by atoms with van der Waals surface area (Å²) in [6.07, 6.45) is 0. The fourth-order valence-electron chi connectivity index (χ4n) is 1.20. The average Bonchev–Trinajstić information content (AvgIpc) is 2.55. The maximum Gasteiger partial charge on any atom is 0.238 e. The first kappa shape index (κ1) is 11.8. The van der Waals surface area contributed by atoms with E-state index in [0.717, 1.165) is 0 Å². The van der Waals surface area contributed by atoms with Crippen molar-refractivity contribution in [3.63, 3.8) is 0 Å². The van der Waals surface area contributed by atoms with E-state index in [0.29, 0.717) is 26.7 Å². The molecular weight excluding hydrogens is 267 g/mol. The molecule has 84 valence electrons. The number of nitrogens with zero attached hydrogens (tertiary/aromatic N) is 2. The number of carbonyl (C=O) groups is 1. The molecule has 1 heterocycles. The van der Waals surface area contributed by atoms with Crippen molar-refractivity contribution in [2.24, 2.45) is 4.99 Å². The van der Waals surface area contributed by atoms with Gasteiger partial charge in [-0.05, 0) is 18.2 Å². The van der Waals surface area contributed by atoms with Gasteiger partial charge in [-0.1, -0.05) is 35.0 Å². The summed E-state index contributed by atoms with van der Waals surface area (Å²) in [7, 11) is 1.71. The van der Waals surface area contributed by atoms with E-state index in [2.05, 4.69) is 4.99 Å². The molecule has 6 heteroatoms. The molecule has 0 saturated carbocycles. The third-order valence-corrected chi connectivity index (χ3v) is 3.87. The van der Waals surface area contributed by atoms with Gasteiger partial charge in [-0.15, -0.1) is 0 Å². The number of benzene rings is 1. The highest BCUT2D eigenvalue weighted by Crippen LogP contribution is 2.28. The van der Waals surface area contributed by atoms with Gasteiger partial charge < -0.3 is 0 Å². The van der Waals surface area contributed by atoms with E-state index in [-0.39, 0.29) is 5.91 Å². The molecule has 0 aliphatic carbocycles. The molecule has 3 nitrogen and oxygen atoms in total. The van der Waals surface area contributed by atoms with Gasteiger partial charge in [0.2, 0.25) is 5.91 Å². The van der Waals surface area contributed by atoms with Gasteiger partial charge in [0.05, 0.1) is 21.5 Å². The van der Waals surface area contributed by atoms with Crippen molar-refractivity contribution in [1.29, 1.82) is 0 Å². The van der Waals surface area contributed by atoms with E-state index in [4.69, 9.17) is 23.2 Å². The van der Waals surface area contributed by atoms with Crippen LogP contribution in [-0.2, 0) is 4.79 Å². The van der Waals surface area contributed by atoms with Crippen LogP contribution in [0.4, 0.5) is 5.69 Å². The summed E-state index contributed by atoms with van der Waals surface area (Å²) in [5, 5.41) is 1.64. The number of aliphatic imine (C=N–C) groups is 1. The summed E-state index contributed by atoms with van der Waals surface area (Å²) in [5.74, 6) is 0.500. The highest BCUT2D eigenvalue weighted by molar-refractivity contribution is 8.15. The van der Waals surface area contributed by atoms with Gasteiger partial charge in [0, 0.05) is 7.05 Å². The highest BCUT2D eigenvalue weighted by Gasteiger charge is 2.24. The Morgan fingerprint density at radius 1 is 1.38 bits per heavy atom. The third-order valence-electron chi connectivity index (χ3n) is 2.11. The number of thioether (sulfide) groups is 1. The van der Waals surface area contributed by atoms with Crippen molar-refractivity contribution in [3.05, 3.63) is 28.2 Å². The summed E-state index contributed by atoms with van der Waals surface area (Å²) in [6.45, 7) is 0. The van der Waals surface area contributed by atoms with E-state index < -0.39 is 0 Å². The lowest BCUT2D eigenvalue weighted by Gasteiger charge is -2.07. The van der Waals surface area contributed by atoms with Crippen molar-refractivity contribution < 1.29 is 4.79 Å². The number of rotatable bonds is 1. The van der Waals surface area contributed by atoms with E-state index in [1.807, 2.05) is 0 Å². The molecule has 1 aliphatic rings. The second kappa shape index (κ2) is 4.65. The molecule has 1 saturated heterocycles. The van der Waals surface area contributed by atoms with Crippen LogP contribution in [0, 0.1) is 0 Å². The molecular formula is C10H8Cl2N2OS. The Morgan fingerprint density at radius 2 is 2.12 bits per heavy atom. The topological polar surface area (TPSA) is 32.7 Å². The van der Waals surface area contributed by atoms with Gasteiger partial charge >= 0.3 is 0 Å². The van der Waals surface area contributed by atoms with Crippen molar-refractivity contribution in [2.75, 3.05) is 12.8 Å². The molecule has 0 spiro atoms. The minimum absolute atomic E-state index is 0.0591. The molecule has 0 bridgehead atoms. The number of halogens is 2. The Hall–Kier alpha value is -0.710. The van der Waals surface area contributed by atoms with Gasteiger partial charge in [0.15, 0.2) is 5.17 Å². The van der Waals surface area contributed by atoms with Crippen LogP contribution in [-0.4, -0.2) is 28.8 Å². The molecule has 2 rings (SSSR count). The predicted molar refractivity (Wildman–Crippen MR) is 68.8 cm³/mol. The van der Waals surface area contributed by atoms with Crippen molar-refractivity contribution in [2.45, 2.75) is 0 Å². The number of amidine groups is 1. The molecule has 0 unspecified atom stereocenters. The molecule has 1 aromatic carbocycles. The minimum atomic E-state index is 0.0591. The molecule has 1 fully saturated rings. The maximum absolute atomic E-state index is 11.3. The van der Waals surface area contributed by atoms with Crippen molar-refractivity contribution in [1.82, 2.24) is 4.90 Å². The summed E-state index contributed by atoms with van der Waals surface area (Å²) in [6, 6.07) is 5.12. The van der Waals surface area contributed by atoms with Crippen LogP contribution < -0.4 is 0 Å². The van der Waals surface area contributed by atoms with E-state index in [1.54, 1.807) is 25.2 Å². The molecule has 1 aromatic rings. The first-order valence-corrected chi connectivity index (χ1v) is 6.25. The Kier molecular flexibility index (Phi) is 3.42. The standard InChI is InChI=1S/C10H8Cl2N2OS/c1-14-9(15)5-16-10(14)13-6-2-3-7(11)8(12)4-6/h2-4H,5H2,1H3. The first-order valence-electron chi connectivity index (χ1n) is 4.51. The van der Waals surface area contributed by atoms with Crippen molar-refractivity contribution >= 4 is 51.7 Å². The van der Waals surface area contributed by atoms with Gasteiger partial charge in [-0.2, -0.15) is 0 Å². The molecule has 0 aromatic heterocycles. The average molecular weight is 275 g/mol. The zero-order chi connectivity index (χ0) is 11.7. The van der Waals surface area contributed by atoms with Crippen LogP contribution in [0.1, 0.15) is 0 Å². The van der Waals surface area contributed by atoms with Gasteiger partial charge in [-0.3, -0.25) is 9.69 Å². The predicted octanol–water partition coefficient (Wildman–Crippen LogP) is 3.19. The summed E-state index contributed by atoms with van der Waals surface area (Å²) >= 11 is 13.1. The van der Waals surface area contributed by atoms with Crippen LogP contribution in [0.15, 0.2) is 23.2 Å². The van der Waals surface area contributed by atoms with Crippen LogP contribution in [0.5, 0.6) is 0 Å². The summed E-state index contributed by atoms with van der Waals surface area (Å²) in [4.78, 5) is 17.1. The lowest BCUT2D eigenvalue weighted by Crippen LogP contribution is -2.24. The fraction of sp³-hybridized carbons (Fsp3) is 0.200. The first-order chi connectivity index (χ1) is 7.58. The van der Waals surface area contributed by atoms with E-state index in [1.165, 1.54) is 16.7 Å². The van der Waals surface area contributed by atoms with Crippen LogP contribution >= 0.6 is 35.0 Å². The molecule has 1 amide bonds. The SMILES string of the molecule is CN1C(=O)CSC1=Nc1ccc(Cl)c(Cl)c1. The molecule has 0 radical (unpaired) electrons. The van der Waals surface area contributed by atoms with Gasteiger partial charge in [-0.25, -0.2) is 4.99 Å². The number of carbonyl (C=O) groups excluding carboxylic acids is 1. The monoisotopic (exact) mass is 274 g/mol.